The van der Waals surface area contributed by atoms with Gasteiger partial charge >= 0.3 is 0 Å². The highest BCUT2D eigenvalue weighted by atomic mass is 35.5. The molecule has 0 saturated carbocycles. The van der Waals surface area contributed by atoms with Crippen LogP contribution in [0.1, 0.15) is 11.3 Å². The summed E-state index contributed by atoms with van der Waals surface area (Å²) in [6, 6.07) is 7.74. The van der Waals surface area contributed by atoms with Crippen molar-refractivity contribution in [1.29, 1.82) is 0 Å². The molecule has 6 heteroatoms. The number of benzene rings is 1. The summed E-state index contributed by atoms with van der Waals surface area (Å²) in [4.78, 5) is 11.0. The number of anilines is 3. The highest BCUT2D eigenvalue weighted by Gasteiger charge is 2.04. The molecule has 0 fully saturated rings. The third-order valence-corrected chi connectivity index (χ3v) is 3.55. The number of hydrogen-bond donors (Lipinski definition) is 2. The van der Waals surface area contributed by atoms with Crippen LogP contribution in [0.4, 0.5) is 17.5 Å². The maximum absolute atomic E-state index is 6.14. The SMILES string of the molecule is Cc1cc(NCCN(C)C)nc(Nc2ccc(C)c(Cl)c2)n1. The number of hydrogen-bond acceptors (Lipinski definition) is 5. The molecule has 0 spiro atoms. The fourth-order valence-corrected chi connectivity index (χ4v) is 2.10. The first-order chi connectivity index (χ1) is 10.4. The van der Waals surface area contributed by atoms with E-state index in [1.54, 1.807) is 0 Å². The number of nitrogens with zero attached hydrogens (tertiary/aromatic N) is 3. The van der Waals surface area contributed by atoms with Gasteiger partial charge in [0.2, 0.25) is 5.95 Å². The lowest BCUT2D eigenvalue weighted by Crippen LogP contribution is -2.21. The minimum absolute atomic E-state index is 0.562. The standard InChI is InChI=1S/C16H22ClN5/c1-11-5-6-13(10-14(11)17)20-16-19-12(2)9-15(21-16)18-7-8-22(3)4/h5-6,9-10H,7-8H2,1-4H3,(H2,18,19,20,21). The van der Waals surface area contributed by atoms with E-state index in [-0.39, 0.29) is 0 Å². The molecular weight excluding hydrogens is 298 g/mol. The van der Waals surface area contributed by atoms with Gasteiger partial charge in [-0.25, -0.2) is 4.98 Å². The molecule has 0 aliphatic rings. The summed E-state index contributed by atoms with van der Waals surface area (Å²) in [6.45, 7) is 5.70. The molecule has 0 atom stereocenters. The molecule has 2 N–H and O–H groups in total. The van der Waals surface area contributed by atoms with E-state index in [9.17, 15) is 0 Å². The third-order valence-electron chi connectivity index (χ3n) is 3.15. The summed E-state index contributed by atoms with van der Waals surface area (Å²) in [5.74, 6) is 1.38. The molecule has 0 radical (unpaired) electrons. The van der Waals surface area contributed by atoms with Crippen LogP contribution in [-0.4, -0.2) is 42.1 Å². The molecule has 0 aliphatic carbocycles. The quantitative estimate of drug-likeness (QED) is 0.854. The van der Waals surface area contributed by atoms with Crippen LogP contribution >= 0.6 is 11.6 Å². The van der Waals surface area contributed by atoms with Gasteiger partial charge in [-0.15, -0.1) is 0 Å². The molecule has 1 aromatic heterocycles. The highest BCUT2D eigenvalue weighted by Crippen LogP contribution is 2.22. The molecule has 0 bridgehead atoms. The van der Waals surface area contributed by atoms with Crippen molar-refractivity contribution >= 4 is 29.1 Å². The van der Waals surface area contributed by atoms with Crippen LogP contribution in [0.25, 0.3) is 0 Å². The molecule has 5 nitrogen and oxygen atoms in total. The van der Waals surface area contributed by atoms with Crippen molar-refractivity contribution in [3.63, 3.8) is 0 Å². The second-order valence-corrected chi connectivity index (χ2v) is 5.94. The average Bonchev–Trinajstić information content (AvgIpc) is 2.42. The molecule has 0 aliphatic heterocycles. The van der Waals surface area contributed by atoms with E-state index in [1.165, 1.54) is 0 Å². The monoisotopic (exact) mass is 319 g/mol. The maximum Gasteiger partial charge on any atom is 0.229 e. The van der Waals surface area contributed by atoms with Gasteiger partial charge in [-0.2, -0.15) is 4.98 Å². The van der Waals surface area contributed by atoms with Gasteiger partial charge < -0.3 is 15.5 Å². The van der Waals surface area contributed by atoms with E-state index in [1.807, 2.05) is 52.2 Å². The van der Waals surface area contributed by atoms with Gasteiger partial charge in [0, 0.05) is 35.6 Å². The zero-order chi connectivity index (χ0) is 16.1. The van der Waals surface area contributed by atoms with Crippen LogP contribution in [-0.2, 0) is 0 Å². The summed E-state index contributed by atoms with van der Waals surface area (Å²) < 4.78 is 0. The zero-order valence-corrected chi connectivity index (χ0v) is 14.2. The van der Waals surface area contributed by atoms with Gasteiger partial charge in [-0.3, -0.25) is 0 Å². The van der Waals surface area contributed by atoms with Crippen molar-refractivity contribution in [1.82, 2.24) is 14.9 Å². The Morgan fingerprint density at radius 1 is 1.14 bits per heavy atom. The van der Waals surface area contributed by atoms with Crippen LogP contribution < -0.4 is 10.6 Å². The van der Waals surface area contributed by atoms with Crippen molar-refractivity contribution in [2.24, 2.45) is 0 Å². The van der Waals surface area contributed by atoms with Crippen molar-refractivity contribution in [2.75, 3.05) is 37.8 Å². The Morgan fingerprint density at radius 3 is 2.59 bits per heavy atom. The van der Waals surface area contributed by atoms with E-state index >= 15 is 0 Å². The average molecular weight is 320 g/mol. The van der Waals surface area contributed by atoms with Crippen molar-refractivity contribution in [3.05, 3.63) is 40.5 Å². The van der Waals surface area contributed by atoms with E-state index in [4.69, 9.17) is 11.6 Å². The number of nitrogens with one attached hydrogen (secondary N) is 2. The summed E-state index contributed by atoms with van der Waals surface area (Å²) in [5, 5.41) is 7.22. The summed E-state index contributed by atoms with van der Waals surface area (Å²) in [7, 11) is 4.09. The van der Waals surface area contributed by atoms with Gasteiger partial charge in [0.1, 0.15) is 5.82 Å². The number of aryl methyl sites for hydroxylation is 2. The predicted molar refractivity (Wildman–Crippen MR) is 93.3 cm³/mol. The zero-order valence-electron chi connectivity index (χ0n) is 13.4. The van der Waals surface area contributed by atoms with Gasteiger partial charge in [0.15, 0.2) is 0 Å². The topological polar surface area (TPSA) is 53.1 Å². The van der Waals surface area contributed by atoms with Gasteiger partial charge in [-0.1, -0.05) is 17.7 Å². The fraction of sp³-hybridized carbons (Fsp3) is 0.375. The third kappa shape index (κ3) is 4.86. The second kappa shape index (κ2) is 7.42. The Labute approximate surface area is 136 Å². The van der Waals surface area contributed by atoms with Crippen LogP contribution in [0.15, 0.2) is 24.3 Å². The molecule has 0 unspecified atom stereocenters. The van der Waals surface area contributed by atoms with Crippen molar-refractivity contribution in [2.45, 2.75) is 13.8 Å². The minimum atomic E-state index is 0.562. The van der Waals surface area contributed by atoms with Crippen molar-refractivity contribution < 1.29 is 0 Å². The maximum atomic E-state index is 6.14. The molecule has 118 valence electrons. The van der Waals surface area contributed by atoms with Crippen LogP contribution in [0.2, 0.25) is 5.02 Å². The molecule has 2 aromatic rings. The van der Waals surface area contributed by atoms with Gasteiger partial charge in [0.05, 0.1) is 0 Å². The van der Waals surface area contributed by atoms with Gasteiger partial charge in [-0.05, 0) is 45.6 Å². The Kier molecular flexibility index (Phi) is 5.57. The molecular formula is C16H22ClN5. The predicted octanol–water partition coefficient (Wildman–Crippen LogP) is 3.46. The molecule has 1 aromatic carbocycles. The molecule has 1 heterocycles. The lowest BCUT2D eigenvalue weighted by atomic mass is 10.2. The first-order valence-electron chi connectivity index (χ1n) is 7.21. The Hall–Kier alpha value is -1.85. The lowest BCUT2D eigenvalue weighted by molar-refractivity contribution is 0.425. The first kappa shape index (κ1) is 16.5. The van der Waals surface area contributed by atoms with E-state index < -0.39 is 0 Å². The van der Waals surface area contributed by atoms with E-state index in [0.29, 0.717) is 5.95 Å². The normalized spacial score (nSPS) is 10.8. The Bertz CT molecular complexity index is 642. The smallest absolute Gasteiger partial charge is 0.229 e. The number of likely N-dealkylation sites (N-methyl/N-ethyl adjacent to an activating group) is 1. The van der Waals surface area contributed by atoms with E-state index in [0.717, 1.165) is 40.9 Å². The highest BCUT2D eigenvalue weighted by molar-refractivity contribution is 6.31. The number of rotatable bonds is 6. The molecule has 0 saturated heterocycles. The lowest BCUT2D eigenvalue weighted by Gasteiger charge is -2.12. The number of aromatic nitrogens is 2. The number of halogens is 1. The minimum Gasteiger partial charge on any atom is -0.369 e. The second-order valence-electron chi connectivity index (χ2n) is 5.54. The van der Waals surface area contributed by atoms with Crippen LogP contribution in [0, 0.1) is 13.8 Å². The Balaban J connectivity index is 2.10. The van der Waals surface area contributed by atoms with Gasteiger partial charge in [0.25, 0.3) is 0 Å². The summed E-state index contributed by atoms with van der Waals surface area (Å²) in [5.41, 5.74) is 2.83. The van der Waals surface area contributed by atoms with Crippen molar-refractivity contribution in [3.8, 4) is 0 Å². The fourth-order valence-electron chi connectivity index (χ4n) is 1.92. The van der Waals surface area contributed by atoms with Crippen LogP contribution in [0.5, 0.6) is 0 Å². The Morgan fingerprint density at radius 2 is 1.91 bits per heavy atom. The summed E-state index contributed by atoms with van der Waals surface area (Å²) in [6.07, 6.45) is 0. The van der Waals surface area contributed by atoms with Crippen LogP contribution in [0.3, 0.4) is 0 Å². The van der Waals surface area contributed by atoms with E-state index in [2.05, 4.69) is 25.5 Å². The molecule has 22 heavy (non-hydrogen) atoms. The summed E-state index contributed by atoms with van der Waals surface area (Å²) >= 11 is 6.14. The first-order valence-corrected chi connectivity index (χ1v) is 7.59. The molecule has 2 rings (SSSR count). The molecule has 0 amide bonds. The largest absolute Gasteiger partial charge is 0.369 e.